The second kappa shape index (κ2) is 20.2. The molecule has 2 amide bonds. The molecule has 1 heterocycles. The Morgan fingerprint density at radius 1 is 1.08 bits per heavy atom. The first kappa shape index (κ1) is 41.6. The first-order chi connectivity index (χ1) is 23.1. The number of nitrogens with one attached hydrogen (secondary N) is 2. The summed E-state index contributed by atoms with van der Waals surface area (Å²) in [6.07, 6.45) is 6.12. The number of thiazole rings is 1. The van der Waals surface area contributed by atoms with Gasteiger partial charge in [0.2, 0.25) is 5.91 Å². The van der Waals surface area contributed by atoms with Crippen LogP contribution in [0.15, 0.2) is 23.6 Å². The summed E-state index contributed by atoms with van der Waals surface area (Å²) in [6.45, 7) is 13.4. The molecular formula is C37H57FN4O6S. The Bertz CT molecular complexity index is 1380. The van der Waals surface area contributed by atoms with Crippen LogP contribution in [0.3, 0.4) is 0 Å². The molecule has 0 aliphatic heterocycles. The molecule has 0 aliphatic rings. The van der Waals surface area contributed by atoms with Crippen LogP contribution in [0, 0.1) is 17.2 Å². The lowest BCUT2D eigenvalue weighted by molar-refractivity contribution is -0.149. The quantitative estimate of drug-likeness (QED) is 0.0835. The van der Waals surface area contributed by atoms with E-state index >= 15 is 0 Å². The maximum atomic E-state index is 14.5. The highest BCUT2D eigenvalue weighted by atomic mass is 32.1. The van der Waals surface area contributed by atoms with Crippen LogP contribution in [0.25, 0.3) is 0 Å². The number of aliphatic carboxylic acids is 1. The fraction of sp³-hybridized carbons (Fsp3) is 0.649. The van der Waals surface area contributed by atoms with Gasteiger partial charge in [0.1, 0.15) is 16.5 Å². The Balaban J connectivity index is 2.36. The topological polar surface area (TPSA) is 138 Å². The van der Waals surface area contributed by atoms with Gasteiger partial charge in [-0.2, -0.15) is 0 Å². The molecule has 0 radical (unpaired) electrons. The number of halogens is 1. The zero-order chi connectivity index (χ0) is 36.7. The Morgan fingerprint density at radius 2 is 1.78 bits per heavy atom. The van der Waals surface area contributed by atoms with Crippen LogP contribution in [0.2, 0.25) is 0 Å². The van der Waals surface area contributed by atoms with Crippen molar-refractivity contribution in [2.24, 2.45) is 11.3 Å². The van der Waals surface area contributed by atoms with Crippen molar-refractivity contribution in [1.82, 2.24) is 15.2 Å². The number of nitrogens with zero attached hydrogens (tertiary/aromatic N) is 2. The predicted molar refractivity (Wildman–Crippen MR) is 192 cm³/mol. The molecule has 49 heavy (non-hydrogen) atoms. The van der Waals surface area contributed by atoms with Gasteiger partial charge in [0.15, 0.2) is 6.10 Å². The summed E-state index contributed by atoms with van der Waals surface area (Å²) in [5.74, 6) is -2.31. The number of ether oxygens (including phenoxy) is 1. The van der Waals surface area contributed by atoms with Crippen molar-refractivity contribution in [3.05, 3.63) is 45.7 Å². The molecule has 0 bridgehead atoms. The van der Waals surface area contributed by atoms with Gasteiger partial charge in [0, 0.05) is 50.8 Å². The van der Waals surface area contributed by atoms with Gasteiger partial charge in [0.05, 0.1) is 11.1 Å². The van der Waals surface area contributed by atoms with Gasteiger partial charge < -0.3 is 25.4 Å². The normalized spacial score (nSPS) is 13.4. The van der Waals surface area contributed by atoms with E-state index in [-0.39, 0.29) is 36.4 Å². The molecule has 3 unspecified atom stereocenters. The molecular weight excluding hydrogens is 647 g/mol. The van der Waals surface area contributed by atoms with Gasteiger partial charge in [-0.3, -0.25) is 19.2 Å². The summed E-state index contributed by atoms with van der Waals surface area (Å²) < 4.78 is 20.3. The number of carbonyl (C=O) groups is 4. The van der Waals surface area contributed by atoms with Crippen LogP contribution < -0.4 is 10.6 Å². The van der Waals surface area contributed by atoms with Crippen LogP contribution in [0.5, 0.6) is 0 Å². The number of aromatic nitrogens is 1. The third kappa shape index (κ3) is 13.4. The van der Waals surface area contributed by atoms with Crippen LogP contribution in [0.1, 0.15) is 133 Å². The van der Waals surface area contributed by atoms with Gasteiger partial charge in [-0.15, -0.1) is 11.3 Å². The number of anilines is 1. The molecule has 0 saturated heterocycles. The van der Waals surface area contributed by atoms with Crippen molar-refractivity contribution in [3.63, 3.8) is 0 Å². The third-order valence-corrected chi connectivity index (χ3v) is 9.67. The van der Waals surface area contributed by atoms with Crippen LogP contribution in [-0.4, -0.2) is 64.4 Å². The molecule has 12 heteroatoms. The maximum absolute atomic E-state index is 14.5. The molecule has 10 nitrogen and oxygen atoms in total. The largest absolute Gasteiger partial charge is 0.481 e. The molecule has 3 N–H and O–H groups in total. The zero-order valence-corrected chi connectivity index (χ0v) is 31.4. The highest BCUT2D eigenvalue weighted by molar-refractivity contribution is 7.09. The maximum Gasteiger partial charge on any atom is 0.309 e. The lowest BCUT2D eigenvalue weighted by Crippen LogP contribution is -2.45. The molecule has 1 aromatic carbocycles. The first-order valence-corrected chi connectivity index (χ1v) is 18.4. The number of esters is 1. The minimum absolute atomic E-state index is 0.0721. The summed E-state index contributed by atoms with van der Waals surface area (Å²) in [5.41, 5.74) is -0.136. The SMILES string of the molecule is CCCCCCN(C(=O)CCCC)C(CC(OC(C)=O)c1nc(C(=O)NC(Cc2ccc(NC)c(F)c2)CC(C)(C)C(=O)O)cs1)C(C)C. The van der Waals surface area contributed by atoms with Gasteiger partial charge in [-0.1, -0.05) is 59.4 Å². The van der Waals surface area contributed by atoms with Crippen molar-refractivity contribution in [1.29, 1.82) is 0 Å². The Kier molecular flexibility index (Phi) is 17.2. The molecule has 0 aliphatic carbocycles. The molecule has 3 atom stereocenters. The van der Waals surface area contributed by atoms with Crippen LogP contribution in [-0.2, 0) is 25.5 Å². The van der Waals surface area contributed by atoms with E-state index in [0.29, 0.717) is 35.6 Å². The first-order valence-electron chi connectivity index (χ1n) is 17.6. The summed E-state index contributed by atoms with van der Waals surface area (Å²) in [7, 11) is 1.62. The fourth-order valence-electron chi connectivity index (χ4n) is 5.88. The molecule has 0 spiro atoms. The van der Waals surface area contributed by atoms with Crippen molar-refractivity contribution in [2.45, 2.75) is 131 Å². The van der Waals surface area contributed by atoms with Gasteiger partial charge >= 0.3 is 11.9 Å². The van der Waals surface area contributed by atoms with Crippen molar-refractivity contribution in [2.75, 3.05) is 18.9 Å². The number of hydrogen-bond donors (Lipinski definition) is 3. The number of hydrogen-bond acceptors (Lipinski definition) is 8. The lowest BCUT2D eigenvalue weighted by Gasteiger charge is -2.36. The number of carboxylic acid groups (broad SMARTS) is 1. The number of carboxylic acids is 1. The zero-order valence-electron chi connectivity index (χ0n) is 30.6. The van der Waals surface area contributed by atoms with Crippen molar-refractivity contribution >= 4 is 40.8 Å². The number of amides is 2. The summed E-state index contributed by atoms with van der Waals surface area (Å²) >= 11 is 1.19. The molecule has 0 saturated carbocycles. The molecule has 0 fully saturated rings. The highest BCUT2D eigenvalue weighted by Gasteiger charge is 2.34. The minimum atomic E-state index is -1.17. The lowest BCUT2D eigenvalue weighted by atomic mass is 9.84. The standard InChI is InChI=1S/C37H57FN4O6S/c1-9-11-13-14-18-42(33(44)15-12-10-2)31(24(3)4)21-32(48-25(5)43)35-41-30(23-49-35)34(45)40-27(22-37(6,7)36(46)47)19-26-16-17-29(39-8)28(38)20-26/h16-17,20,23-24,27,31-32,39H,9-15,18-19,21-22H2,1-8H3,(H,40,45)(H,46,47). The number of rotatable bonds is 22. The van der Waals surface area contributed by atoms with E-state index in [4.69, 9.17) is 4.74 Å². The van der Waals surface area contributed by atoms with Crippen molar-refractivity contribution < 1.29 is 33.4 Å². The molecule has 2 aromatic rings. The highest BCUT2D eigenvalue weighted by Crippen LogP contribution is 2.32. The smallest absolute Gasteiger partial charge is 0.309 e. The number of benzene rings is 1. The van der Waals surface area contributed by atoms with Gasteiger partial charge in [-0.05, 0) is 63.1 Å². The van der Waals surface area contributed by atoms with Gasteiger partial charge in [-0.25, -0.2) is 9.37 Å². The summed E-state index contributed by atoms with van der Waals surface area (Å²) in [6, 6.07) is 3.84. The average molecular weight is 705 g/mol. The number of unbranched alkanes of at least 4 members (excludes halogenated alkanes) is 4. The van der Waals surface area contributed by atoms with E-state index in [0.717, 1.165) is 38.5 Å². The third-order valence-electron chi connectivity index (χ3n) is 8.74. The summed E-state index contributed by atoms with van der Waals surface area (Å²) in [5, 5.41) is 17.5. The molecule has 274 valence electrons. The summed E-state index contributed by atoms with van der Waals surface area (Å²) in [4.78, 5) is 57.8. The minimum Gasteiger partial charge on any atom is -0.481 e. The molecule has 1 aromatic heterocycles. The number of carbonyl (C=O) groups excluding carboxylic acids is 3. The van der Waals surface area contributed by atoms with E-state index in [9.17, 15) is 28.7 Å². The average Bonchev–Trinajstić information content (AvgIpc) is 3.52. The second-order valence-electron chi connectivity index (χ2n) is 13.8. The Hall–Kier alpha value is -3.54. The fourth-order valence-corrected chi connectivity index (χ4v) is 6.72. The Morgan fingerprint density at radius 3 is 2.35 bits per heavy atom. The molecule has 2 rings (SSSR count). The van der Waals surface area contributed by atoms with Crippen molar-refractivity contribution in [3.8, 4) is 0 Å². The van der Waals surface area contributed by atoms with Crippen LogP contribution in [0.4, 0.5) is 10.1 Å². The van der Waals surface area contributed by atoms with E-state index < -0.39 is 41.2 Å². The van der Waals surface area contributed by atoms with Crippen LogP contribution >= 0.6 is 11.3 Å². The van der Waals surface area contributed by atoms with E-state index in [2.05, 4.69) is 43.3 Å². The Labute approximate surface area is 295 Å². The van der Waals surface area contributed by atoms with E-state index in [1.54, 1.807) is 38.4 Å². The van der Waals surface area contributed by atoms with Gasteiger partial charge in [0.25, 0.3) is 5.91 Å². The second-order valence-corrected chi connectivity index (χ2v) is 14.7. The monoisotopic (exact) mass is 704 g/mol. The van der Waals surface area contributed by atoms with E-state index in [1.807, 2.05) is 4.90 Å². The predicted octanol–water partition coefficient (Wildman–Crippen LogP) is 7.78. The van der Waals surface area contributed by atoms with E-state index in [1.165, 1.54) is 24.3 Å².